The minimum absolute atomic E-state index is 0.208. The van der Waals surface area contributed by atoms with Gasteiger partial charge in [0.15, 0.2) is 0 Å². The summed E-state index contributed by atoms with van der Waals surface area (Å²) < 4.78 is 5.19. The molecule has 0 aromatic carbocycles. The molecule has 1 saturated heterocycles. The summed E-state index contributed by atoms with van der Waals surface area (Å²) in [6.45, 7) is 8.98. The molecule has 1 rings (SSSR count). The lowest BCUT2D eigenvalue weighted by molar-refractivity contribution is -0.142. The molecule has 2 N–H and O–H groups in total. The standard InChI is InChI=1S/C15H28N2O4/c1-5-12(18)13(19)17-8-6-7-11(10-17)9-16-14(20)21-15(2,3)4/h11-12,18H,5-10H2,1-4H3,(H,16,20)/t11-,12+/m0/s1. The molecular weight excluding hydrogens is 272 g/mol. The van der Waals surface area contributed by atoms with Gasteiger partial charge in [0, 0.05) is 19.6 Å². The van der Waals surface area contributed by atoms with Crippen LogP contribution in [0.2, 0.25) is 0 Å². The highest BCUT2D eigenvalue weighted by molar-refractivity contribution is 5.80. The normalized spacial score (nSPS) is 20.8. The number of hydrogen-bond acceptors (Lipinski definition) is 4. The molecular formula is C15H28N2O4. The van der Waals surface area contributed by atoms with Crippen LogP contribution < -0.4 is 5.32 Å². The average Bonchev–Trinajstić information content (AvgIpc) is 2.42. The maximum Gasteiger partial charge on any atom is 0.407 e. The lowest BCUT2D eigenvalue weighted by atomic mass is 9.97. The van der Waals surface area contributed by atoms with Crippen molar-refractivity contribution in [3.63, 3.8) is 0 Å². The summed E-state index contributed by atoms with van der Waals surface area (Å²) >= 11 is 0. The van der Waals surface area contributed by atoms with Gasteiger partial charge in [-0.2, -0.15) is 0 Å². The first-order valence-electron chi connectivity index (χ1n) is 7.66. The van der Waals surface area contributed by atoms with Crippen molar-refractivity contribution in [3.05, 3.63) is 0 Å². The van der Waals surface area contributed by atoms with Gasteiger partial charge in [-0.1, -0.05) is 6.92 Å². The van der Waals surface area contributed by atoms with E-state index in [2.05, 4.69) is 5.32 Å². The van der Waals surface area contributed by atoms with E-state index in [4.69, 9.17) is 4.74 Å². The average molecular weight is 300 g/mol. The van der Waals surface area contributed by atoms with Crippen molar-refractivity contribution in [2.45, 2.75) is 58.7 Å². The number of piperidine rings is 1. The number of carbonyl (C=O) groups is 2. The summed E-state index contributed by atoms with van der Waals surface area (Å²) in [7, 11) is 0. The zero-order valence-electron chi connectivity index (χ0n) is 13.5. The van der Waals surface area contributed by atoms with Crippen molar-refractivity contribution in [1.29, 1.82) is 0 Å². The molecule has 0 spiro atoms. The van der Waals surface area contributed by atoms with Gasteiger partial charge in [-0.25, -0.2) is 4.79 Å². The quantitative estimate of drug-likeness (QED) is 0.825. The Balaban J connectivity index is 2.40. The Labute approximate surface area is 126 Å². The molecule has 0 saturated carbocycles. The lowest BCUT2D eigenvalue weighted by Crippen LogP contribution is -2.47. The number of aliphatic hydroxyl groups excluding tert-OH is 1. The van der Waals surface area contributed by atoms with Crippen LogP contribution in [0, 0.1) is 5.92 Å². The van der Waals surface area contributed by atoms with Crippen molar-refractivity contribution in [3.8, 4) is 0 Å². The van der Waals surface area contributed by atoms with E-state index in [0.717, 1.165) is 12.8 Å². The van der Waals surface area contributed by atoms with E-state index in [1.165, 1.54) is 0 Å². The summed E-state index contributed by atoms with van der Waals surface area (Å²) in [6.07, 6.45) is 0.933. The molecule has 0 aromatic rings. The summed E-state index contributed by atoms with van der Waals surface area (Å²) in [5.41, 5.74) is -0.510. The number of aliphatic hydroxyl groups is 1. The van der Waals surface area contributed by atoms with Crippen LogP contribution in [0.5, 0.6) is 0 Å². The van der Waals surface area contributed by atoms with Gasteiger partial charge in [-0.3, -0.25) is 4.79 Å². The van der Waals surface area contributed by atoms with Gasteiger partial charge in [0.25, 0.3) is 5.91 Å². The molecule has 1 fully saturated rings. The molecule has 1 heterocycles. The maximum absolute atomic E-state index is 12.0. The van der Waals surface area contributed by atoms with Crippen LogP contribution in [0.4, 0.5) is 4.79 Å². The number of alkyl carbamates (subject to hydrolysis) is 1. The predicted octanol–water partition coefficient (Wildman–Crippen LogP) is 1.52. The fraction of sp³-hybridized carbons (Fsp3) is 0.867. The highest BCUT2D eigenvalue weighted by atomic mass is 16.6. The van der Waals surface area contributed by atoms with Crippen molar-refractivity contribution in [2.24, 2.45) is 5.92 Å². The van der Waals surface area contributed by atoms with Gasteiger partial charge < -0.3 is 20.1 Å². The van der Waals surface area contributed by atoms with Gasteiger partial charge >= 0.3 is 6.09 Å². The molecule has 0 radical (unpaired) electrons. The van der Waals surface area contributed by atoms with Crippen LogP contribution in [0.3, 0.4) is 0 Å². The third-order valence-electron chi connectivity index (χ3n) is 3.44. The molecule has 6 heteroatoms. The lowest BCUT2D eigenvalue weighted by Gasteiger charge is -2.34. The first-order valence-corrected chi connectivity index (χ1v) is 7.66. The second-order valence-corrected chi connectivity index (χ2v) is 6.60. The highest BCUT2D eigenvalue weighted by Gasteiger charge is 2.27. The largest absolute Gasteiger partial charge is 0.444 e. The minimum atomic E-state index is -0.914. The van der Waals surface area contributed by atoms with E-state index in [0.29, 0.717) is 26.1 Å². The maximum atomic E-state index is 12.0. The predicted molar refractivity (Wildman–Crippen MR) is 79.8 cm³/mol. The van der Waals surface area contributed by atoms with Gasteiger partial charge in [-0.05, 0) is 46.0 Å². The van der Waals surface area contributed by atoms with E-state index in [-0.39, 0.29) is 11.8 Å². The molecule has 1 aliphatic heterocycles. The van der Waals surface area contributed by atoms with Crippen molar-refractivity contribution >= 4 is 12.0 Å². The van der Waals surface area contributed by atoms with Crippen LogP contribution in [0.25, 0.3) is 0 Å². The number of likely N-dealkylation sites (tertiary alicyclic amines) is 1. The Morgan fingerprint density at radius 2 is 2.10 bits per heavy atom. The monoisotopic (exact) mass is 300 g/mol. The van der Waals surface area contributed by atoms with Gasteiger partial charge in [0.2, 0.25) is 0 Å². The second kappa shape index (κ2) is 7.64. The Morgan fingerprint density at radius 3 is 2.67 bits per heavy atom. The zero-order valence-corrected chi connectivity index (χ0v) is 13.5. The van der Waals surface area contributed by atoms with Crippen LogP contribution in [0.15, 0.2) is 0 Å². The number of carbonyl (C=O) groups excluding carboxylic acids is 2. The molecule has 6 nitrogen and oxygen atoms in total. The Bertz CT molecular complexity index is 365. The number of hydrogen-bond donors (Lipinski definition) is 2. The fourth-order valence-corrected chi connectivity index (χ4v) is 2.36. The molecule has 0 aliphatic carbocycles. The Hall–Kier alpha value is -1.30. The number of ether oxygens (including phenoxy) is 1. The van der Waals surface area contributed by atoms with Crippen molar-refractivity contribution in [2.75, 3.05) is 19.6 Å². The van der Waals surface area contributed by atoms with E-state index in [1.54, 1.807) is 11.8 Å². The van der Waals surface area contributed by atoms with Crippen LogP contribution in [-0.4, -0.2) is 53.3 Å². The first kappa shape index (κ1) is 17.8. The summed E-state index contributed by atoms with van der Waals surface area (Å²) in [5, 5.41) is 12.4. The molecule has 0 unspecified atom stereocenters. The molecule has 0 aromatic heterocycles. The van der Waals surface area contributed by atoms with Gasteiger partial charge in [0.05, 0.1) is 0 Å². The fourth-order valence-electron chi connectivity index (χ4n) is 2.36. The zero-order chi connectivity index (χ0) is 16.0. The number of rotatable bonds is 4. The first-order chi connectivity index (χ1) is 9.73. The van der Waals surface area contributed by atoms with E-state index >= 15 is 0 Å². The van der Waals surface area contributed by atoms with E-state index in [9.17, 15) is 14.7 Å². The second-order valence-electron chi connectivity index (χ2n) is 6.60. The number of amides is 2. The van der Waals surface area contributed by atoms with Gasteiger partial charge in [-0.15, -0.1) is 0 Å². The smallest absolute Gasteiger partial charge is 0.407 e. The van der Waals surface area contributed by atoms with E-state index in [1.807, 2.05) is 20.8 Å². The molecule has 21 heavy (non-hydrogen) atoms. The van der Waals surface area contributed by atoms with E-state index < -0.39 is 17.8 Å². The number of nitrogens with zero attached hydrogens (tertiary/aromatic N) is 1. The minimum Gasteiger partial charge on any atom is -0.444 e. The summed E-state index contributed by atoms with van der Waals surface area (Å²) in [5.74, 6) is -0.00116. The van der Waals surface area contributed by atoms with Crippen molar-refractivity contribution in [1.82, 2.24) is 10.2 Å². The van der Waals surface area contributed by atoms with Crippen molar-refractivity contribution < 1.29 is 19.4 Å². The molecule has 1 aliphatic rings. The van der Waals surface area contributed by atoms with Crippen LogP contribution in [-0.2, 0) is 9.53 Å². The SMILES string of the molecule is CC[C@@H](O)C(=O)N1CCC[C@@H](CNC(=O)OC(C)(C)C)C1. The molecule has 122 valence electrons. The highest BCUT2D eigenvalue weighted by Crippen LogP contribution is 2.17. The summed E-state index contributed by atoms with van der Waals surface area (Å²) in [6, 6.07) is 0. The van der Waals surface area contributed by atoms with Crippen LogP contribution in [0.1, 0.15) is 47.0 Å². The number of nitrogens with one attached hydrogen (secondary N) is 1. The topological polar surface area (TPSA) is 78.9 Å². The third-order valence-corrected chi connectivity index (χ3v) is 3.44. The summed E-state index contributed by atoms with van der Waals surface area (Å²) in [4.78, 5) is 25.3. The molecule has 2 amide bonds. The third kappa shape index (κ3) is 6.33. The Morgan fingerprint density at radius 1 is 1.43 bits per heavy atom. The molecule has 0 bridgehead atoms. The van der Waals surface area contributed by atoms with Crippen LogP contribution >= 0.6 is 0 Å². The van der Waals surface area contributed by atoms with Gasteiger partial charge in [0.1, 0.15) is 11.7 Å². The Kier molecular flexibility index (Phi) is 6.45. The molecule has 2 atom stereocenters.